The minimum absolute atomic E-state index is 0.422. The molecule has 100 valence electrons. The van der Waals surface area contributed by atoms with Gasteiger partial charge in [0.05, 0.1) is 6.10 Å². The molecule has 4 nitrogen and oxygen atoms in total. The third-order valence-corrected chi connectivity index (χ3v) is 4.10. The maximum atomic E-state index is 5.38. The number of nitrogens with zero attached hydrogens (tertiary/aromatic N) is 1. The molecule has 0 radical (unpaired) electrons. The van der Waals surface area contributed by atoms with E-state index in [4.69, 9.17) is 9.47 Å². The number of likely N-dealkylation sites (tertiary alicyclic amines) is 1. The lowest BCUT2D eigenvalue weighted by molar-refractivity contribution is 0.0926. The second kappa shape index (κ2) is 6.69. The minimum atomic E-state index is 0.422. The van der Waals surface area contributed by atoms with Crippen LogP contribution in [0.15, 0.2) is 0 Å². The van der Waals surface area contributed by atoms with Gasteiger partial charge in [-0.3, -0.25) is 0 Å². The van der Waals surface area contributed by atoms with Crippen molar-refractivity contribution in [2.75, 3.05) is 47.0 Å². The highest BCUT2D eigenvalue weighted by molar-refractivity contribution is 4.85. The van der Waals surface area contributed by atoms with Crippen molar-refractivity contribution in [2.24, 2.45) is 5.92 Å². The first-order chi connectivity index (χ1) is 8.31. The standard InChI is InChI=1S/C13H26N2O2/c1-16-10-11-3-5-15(6-4-11)9-12-7-13(17-2)8-14-12/h11-14H,3-10H2,1-2H3. The molecule has 0 aromatic carbocycles. The molecule has 17 heavy (non-hydrogen) atoms. The first-order valence-electron chi connectivity index (χ1n) is 6.79. The molecule has 2 rings (SSSR count). The number of rotatable bonds is 5. The number of nitrogens with one attached hydrogen (secondary N) is 1. The summed E-state index contributed by atoms with van der Waals surface area (Å²) in [5.41, 5.74) is 0. The molecule has 2 saturated heterocycles. The SMILES string of the molecule is COCC1CCN(CC2CC(OC)CN2)CC1. The van der Waals surface area contributed by atoms with Gasteiger partial charge in [0.1, 0.15) is 0 Å². The van der Waals surface area contributed by atoms with Crippen LogP contribution in [0.2, 0.25) is 0 Å². The Morgan fingerprint density at radius 3 is 2.59 bits per heavy atom. The van der Waals surface area contributed by atoms with E-state index in [0.29, 0.717) is 12.1 Å². The van der Waals surface area contributed by atoms with Crippen molar-refractivity contribution in [2.45, 2.75) is 31.4 Å². The zero-order valence-electron chi connectivity index (χ0n) is 11.2. The highest BCUT2D eigenvalue weighted by atomic mass is 16.5. The van der Waals surface area contributed by atoms with Crippen LogP contribution in [0.3, 0.4) is 0 Å². The summed E-state index contributed by atoms with van der Waals surface area (Å²) in [6.07, 6.45) is 4.16. The Balaban J connectivity index is 1.65. The Bertz CT molecular complexity index is 217. The third kappa shape index (κ3) is 3.91. The Labute approximate surface area is 105 Å². The van der Waals surface area contributed by atoms with Crippen LogP contribution in [0.25, 0.3) is 0 Å². The van der Waals surface area contributed by atoms with Crippen LogP contribution in [0.5, 0.6) is 0 Å². The largest absolute Gasteiger partial charge is 0.384 e. The van der Waals surface area contributed by atoms with Gasteiger partial charge in [-0.1, -0.05) is 0 Å². The predicted octanol–water partition coefficient (Wildman–Crippen LogP) is 0.722. The van der Waals surface area contributed by atoms with Gasteiger partial charge in [-0.05, 0) is 38.3 Å². The zero-order valence-corrected chi connectivity index (χ0v) is 11.2. The molecule has 0 saturated carbocycles. The number of piperidine rings is 1. The van der Waals surface area contributed by atoms with Crippen LogP contribution in [-0.4, -0.2) is 64.1 Å². The van der Waals surface area contributed by atoms with Gasteiger partial charge in [-0.2, -0.15) is 0 Å². The second-order valence-corrected chi connectivity index (χ2v) is 5.40. The quantitative estimate of drug-likeness (QED) is 0.770. The zero-order chi connectivity index (χ0) is 12.1. The lowest BCUT2D eigenvalue weighted by Gasteiger charge is -2.33. The summed E-state index contributed by atoms with van der Waals surface area (Å²) >= 11 is 0. The van der Waals surface area contributed by atoms with E-state index in [1.807, 2.05) is 7.11 Å². The van der Waals surface area contributed by atoms with Crippen LogP contribution >= 0.6 is 0 Å². The maximum absolute atomic E-state index is 5.38. The van der Waals surface area contributed by atoms with E-state index >= 15 is 0 Å². The van der Waals surface area contributed by atoms with Crippen molar-refractivity contribution in [3.63, 3.8) is 0 Å². The lowest BCUT2D eigenvalue weighted by Crippen LogP contribution is -2.42. The molecule has 2 heterocycles. The molecule has 2 fully saturated rings. The van der Waals surface area contributed by atoms with Crippen molar-refractivity contribution in [1.82, 2.24) is 10.2 Å². The smallest absolute Gasteiger partial charge is 0.0711 e. The van der Waals surface area contributed by atoms with Gasteiger partial charge in [0.2, 0.25) is 0 Å². The molecular weight excluding hydrogens is 216 g/mol. The fraction of sp³-hybridized carbons (Fsp3) is 1.00. The maximum Gasteiger partial charge on any atom is 0.0711 e. The molecule has 1 N–H and O–H groups in total. The Hall–Kier alpha value is -0.160. The third-order valence-electron chi connectivity index (χ3n) is 4.10. The fourth-order valence-electron chi connectivity index (χ4n) is 2.98. The van der Waals surface area contributed by atoms with Crippen LogP contribution in [0.1, 0.15) is 19.3 Å². The van der Waals surface area contributed by atoms with Gasteiger partial charge >= 0.3 is 0 Å². The van der Waals surface area contributed by atoms with E-state index < -0.39 is 0 Å². The molecule has 2 aliphatic rings. The molecule has 4 heteroatoms. The molecule has 2 atom stereocenters. The average Bonchev–Trinajstić information content (AvgIpc) is 2.80. The van der Waals surface area contributed by atoms with Gasteiger partial charge < -0.3 is 19.7 Å². The molecule has 2 aliphatic heterocycles. The molecule has 0 bridgehead atoms. The van der Waals surface area contributed by atoms with Crippen molar-refractivity contribution < 1.29 is 9.47 Å². The summed E-state index contributed by atoms with van der Waals surface area (Å²) < 4.78 is 10.6. The second-order valence-electron chi connectivity index (χ2n) is 5.40. The van der Waals surface area contributed by atoms with Gasteiger partial charge in [-0.15, -0.1) is 0 Å². The Morgan fingerprint density at radius 2 is 2.00 bits per heavy atom. The highest BCUT2D eigenvalue weighted by Crippen LogP contribution is 2.19. The first-order valence-corrected chi connectivity index (χ1v) is 6.79. The summed E-state index contributed by atoms with van der Waals surface area (Å²) in [7, 11) is 3.62. The summed E-state index contributed by atoms with van der Waals surface area (Å²) in [6, 6.07) is 0.624. The Kier molecular flexibility index (Phi) is 5.22. The molecule has 0 aromatic rings. The Morgan fingerprint density at radius 1 is 1.24 bits per heavy atom. The predicted molar refractivity (Wildman–Crippen MR) is 68.2 cm³/mol. The molecular formula is C13H26N2O2. The van der Waals surface area contributed by atoms with Gasteiger partial charge in [0, 0.05) is 40.0 Å². The molecule has 2 unspecified atom stereocenters. The van der Waals surface area contributed by atoms with E-state index in [0.717, 1.165) is 25.5 Å². The monoisotopic (exact) mass is 242 g/mol. The molecule has 0 aromatic heterocycles. The van der Waals surface area contributed by atoms with Gasteiger partial charge in [0.15, 0.2) is 0 Å². The van der Waals surface area contributed by atoms with Gasteiger partial charge in [0.25, 0.3) is 0 Å². The van der Waals surface area contributed by atoms with Crippen LogP contribution in [0, 0.1) is 5.92 Å². The number of methoxy groups -OCH3 is 2. The summed E-state index contributed by atoms with van der Waals surface area (Å²) in [6.45, 7) is 5.58. The number of ether oxygens (including phenoxy) is 2. The van der Waals surface area contributed by atoms with Crippen LogP contribution < -0.4 is 5.32 Å². The van der Waals surface area contributed by atoms with E-state index in [-0.39, 0.29) is 0 Å². The molecule has 0 amide bonds. The summed E-state index contributed by atoms with van der Waals surface area (Å²) in [5, 5.41) is 3.55. The lowest BCUT2D eigenvalue weighted by atomic mass is 9.97. The summed E-state index contributed by atoms with van der Waals surface area (Å²) in [5.74, 6) is 0.777. The van der Waals surface area contributed by atoms with Crippen LogP contribution in [0.4, 0.5) is 0 Å². The van der Waals surface area contributed by atoms with E-state index in [1.165, 1.54) is 32.5 Å². The van der Waals surface area contributed by atoms with Crippen molar-refractivity contribution >= 4 is 0 Å². The van der Waals surface area contributed by atoms with E-state index in [9.17, 15) is 0 Å². The molecule has 0 aliphatic carbocycles. The van der Waals surface area contributed by atoms with Crippen molar-refractivity contribution in [1.29, 1.82) is 0 Å². The fourth-order valence-corrected chi connectivity index (χ4v) is 2.98. The van der Waals surface area contributed by atoms with Crippen molar-refractivity contribution in [3.05, 3.63) is 0 Å². The normalized spacial score (nSPS) is 32.1. The van der Waals surface area contributed by atoms with Crippen LogP contribution in [-0.2, 0) is 9.47 Å². The van der Waals surface area contributed by atoms with Gasteiger partial charge in [-0.25, -0.2) is 0 Å². The average molecular weight is 242 g/mol. The summed E-state index contributed by atoms with van der Waals surface area (Å²) in [4.78, 5) is 2.59. The topological polar surface area (TPSA) is 33.7 Å². The first kappa shape index (κ1) is 13.3. The number of hydrogen-bond acceptors (Lipinski definition) is 4. The van der Waals surface area contributed by atoms with E-state index in [1.54, 1.807) is 7.11 Å². The van der Waals surface area contributed by atoms with Crippen molar-refractivity contribution in [3.8, 4) is 0 Å². The molecule has 0 spiro atoms. The van der Waals surface area contributed by atoms with E-state index in [2.05, 4.69) is 10.2 Å². The number of hydrogen-bond donors (Lipinski definition) is 1. The minimum Gasteiger partial charge on any atom is -0.384 e. The highest BCUT2D eigenvalue weighted by Gasteiger charge is 2.27.